The van der Waals surface area contributed by atoms with Gasteiger partial charge in [0.2, 0.25) is 5.89 Å². The molecule has 0 aliphatic rings. The molecule has 5 aromatic rings. The van der Waals surface area contributed by atoms with E-state index in [-0.39, 0.29) is 5.25 Å². The quantitative estimate of drug-likeness (QED) is 0.279. The van der Waals surface area contributed by atoms with Gasteiger partial charge >= 0.3 is 0 Å². The van der Waals surface area contributed by atoms with Gasteiger partial charge in [0, 0.05) is 29.5 Å². The van der Waals surface area contributed by atoms with Crippen LogP contribution in [0.5, 0.6) is 0 Å². The molecule has 1 atom stereocenters. The van der Waals surface area contributed by atoms with Crippen molar-refractivity contribution >= 4 is 22.7 Å². The van der Waals surface area contributed by atoms with Crippen LogP contribution in [0.2, 0.25) is 0 Å². The maximum atomic E-state index is 5.43. The van der Waals surface area contributed by atoms with Crippen molar-refractivity contribution in [3.05, 3.63) is 72.4 Å². The number of aryl methyl sites for hydroxylation is 1. The van der Waals surface area contributed by atoms with Crippen LogP contribution in [0.4, 0.5) is 0 Å². The fraction of sp³-hybridized carbons (Fsp3) is 0.240. The molecule has 0 fully saturated rings. The van der Waals surface area contributed by atoms with Crippen LogP contribution >= 0.6 is 11.8 Å². The van der Waals surface area contributed by atoms with Crippen molar-refractivity contribution in [2.24, 2.45) is 0 Å². The van der Waals surface area contributed by atoms with Crippen LogP contribution in [0.15, 0.2) is 70.3 Å². The average Bonchev–Trinajstić information content (AvgIpc) is 3.51. The lowest BCUT2D eigenvalue weighted by atomic mass is 10.0. The van der Waals surface area contributed by atoms with E-state index in [2.05, 4.69) is 56.1 Å². The fourth-order valence-corrected chi connectivity index (χ4v) is 4.71. The van der Waals surface area contributed by atoms with Crippen molar-refractivity contribution in [3.63, 3.8) is 0 Å². The third kappa shape index (κ3) is 4.14. The van der Waals surface area contributed by atoms with Crippen molar-refractivity contribution < 1.29 is 4.52 Å². The maximum absolute atomic E-state index is 5.43. The first-order chi connectivity index (χ1) is 16.2. The number of aromatic nitrogens is 6. The second kappa shape index (κ2) is 9.15. The average molecular weight is 457 g/mol. The predicted octanol–water partition coefficient (Wildman–Crippen LogP) is 5.98. The van der Waals surface area contributed by atoms with E-state index in [1.165, 1.54) is 0 Å². The fourth-order valence-electron chi connectivity index (χ4n) is 3.76. The normalized spacial score (nSPS) is 12.3. The Labute approximate surface area is 196 Å². The highest BCUT2D eigenvalue weighted by Gasteiger charge is 2.22. The molecular weight excluding hydrogens is 432 g/mol. The number of nitrogens with zero attached hydrogens (tertiary/aromatic N) is 6. The molecule has 0 saturated heterocycles. The van der Waals surface area contributed by atoms with E-state index in [1.807, 2.05) is 50.2 Å². The summed E-state index contributed by atoms with van der Waals surface area (Å²) in [6, 6.07) is 20.5. The van der Waals surface area contributed by atoms with Crippen LogP contribution in [-0.4, -0.2) is 29.9 Å². The lowest BCUT2D eigenvalue weighted by Gasteiger charge is -2.12. The minimum absolute atomic E-state index is 0.0331. The summed E-state index contributed by atoms with van der Waals surface area (Å²) in [6.45, 7) is 6.89. The molecule has 166 valence electrons. The molecule has 0 spiro atoms. The van der Waals surface area contributed by atoms with E-state index in [9.17, 15) is 0 Å². The number of rotatable bonds is 7. The van der Waals surface area contributed by atoms with Gasteiger partial charge < -0.3 is 9.09 Å². The molecule has 1 unspecified atom stereocenters. The zero-order chi connectivity index (χ0) is 22.8. The molecular formula is C25H24N6OS. The molecule has 0 saturated carbocycles. The van der Waals surface area contributed by atoms with Gasteiger partial charge in [0.25, 0.3) is 0 Å². The highest BCUT2D eigenvalue weighted by molar-refractivity contribution is 7.99. The molecule has 0 amide bonds. The van der Waals surface area contributed by atoms with Crippen molar-refractivity contribution in [3.8, 4) is 22.6 Å². The Kier molecular flexibility index (Phi) is 5.92. The summed E-state index contributed by atoms with van der Waals surface area (Å²) in [4.78, 5) is 9.37. The Morgan fingerprint density at radius 1 is 0.970 bits per heavy atom. The number of hydrogen-bond donors (Lipinski definition) is 0. The van der Waals surface area contributed by atoms with Crippen molar-refractivity contribution in [1.29, 1.82) is 0 Å². The van der Waals surface area contributed by atoms with Crippen molar-refractivity contribution in [1.82, 2.24) is 29.9 Å². The van der Waals surface area contributed by atoms with Gasteiger partial charge in [-0.25, -0.2) is 4.98 Å². The highest BCUT2D eigenvalue weighted by Crippen LogP contribution is 2.37. The number of benzene rings is 2. The van der Waals surface area contributed by atoms with Crippen LogP contribution in [0.25, 0.3) is 33.5 Å². The summed E-state index contributed by atoms with van der Waals surface area (Å²) in [5, 5.41) is 15.0. The van der Waals surface area contributed by atoms with E-state index < -0.39 is 0 Å². The number of pyridine rings is 1. The van der Waals surface area contributed by atoms with Crippen LogP contribution in [0, 0.1) is 0 Å². The number of hydrogen-bond acceptors (Lipinski definition) is 7. The summed E-state index contributed by atoms with van der Waals surface area (Å²) in [6.07, 6.45) is 0.745. The molecule has 3 aromatic heterocycles. The Balaban J connectivity index is 1.58. The lowest BCUT2D eigenvalue weighted by molar-refractivity contribution is 0.375. The molecule has 5 rings (SSSR count). The standard InChI is InChI=1S/C25H24N6OS/c1-4-22-27-24(32-30-22)16(3)33-25-29-28-23(31(25)5-2)19-15-21(17-11-7-6-8-12-17)26-20-14-10-9-13-18(19)20/h6-16H,4-5H2,1-3H3. The summed E-state index contributed by atoms with van der Waals surface area (Å²) < 4.78 is 7.56. The van der Waals surface area contributed by atoms with Crippen LogP contribution in [0.1, 0.15) is 37.7 Å². The monoisotopic (exact) mass is 456 g/mol. The summed E-state index contributed by atoms with van der Waals surface area (Å²) in [5.74, 6) is 2.14. The molecule has 3 heterocycles. The van der Waals surface area contributed by atoms with Crippen molar-refractivity contribution in [2.75, 3.05) is 0 Å². The zero-order valence-electron chi connectivity index (χ0n) is 18.8. The first-order valence-electron chi connectivity index (χ1n) is 11.1. The third-order valence-corrected chi connectivity index (χ3v) is 6.56. The first kappa shape index (κ1) is 21.3. The van der Waals surface area contributed by atoms with E-state index in [0.717, 1.165) is 51.7 Å². The van der Waals surface area contributed by atoms with E-state index in [1.54, 1.807) is 11.8 Å². The Bertz CT molecular complexity index is 1390. The summed E-state index contributed by atoms with van der Waals surface area (Å²) >= 11 is 1.57. The van der Waals surface area contributed by atoms with Gasteiger partial charge in [-0.05, 0) is 26.0 Å². The smallest absolute Gasteiger partial charge is 0.239 e. The predicted molar refractivity (Wildman–Crippen MR) is 130 cm³/mol. The third-order valence-electron chi connectivity index (χ3n) is 5.49. The van der Waals surface area contributed by atoms with E-state index in [0.29, 0.717) is 11.7 Å². The second-order valence-corrected chi connectivity index (χ2v) is 8.96. The van der Waals surface area contributed by atoms with Crippen LogP contribution < -0.4 is 0 Å². The van der Waals surface area contributed by atoms with Crippen LogP contribution in [0.3, 0.4) is 0 Å². The van der Waals surface area contributed by atoms with Gasteiger partial charge in [0.15, 0.2) is 16.8 Å². The van der Waals surface area contributed by atoms with E-state index in [4.69, 9.17) is 9.51 Å². The topological polar surface area (TPSA) is 82.5 Å². The lowest BCUT2D eigenvalue weighted by Crippen LogP contribution is -2.02. The van der Waals surface area contributed by atoms with Crippen LogP contribution in [-0.2, 0) is 13.0 Å². The number of para-hydroxylation sites is 1. The summed E-state index contributed by atoms with van der Waals surface area (Å²) in [7, 11) is 0. The Hall–Kier alpha value is -3.52. The molecule has 33 heavy (non-hydrogen) atoms. The second-order valence-electron chi connectivity index (χ2n) is 7.65. The van der Waals surface area contributed by atoms with Gasteiger partial charge in [0.1, 0.15) is 0 Å². The molecule has 0 N–H and O–H groups in total. The molecule has 0 aliphatic carbocycles. The van der Waals surface area contributed by atoms with E-state index >= 15 is 0 Å². The molecule has 0 radical (unpaired) electrons. The SMILES string of the molecule is CCc1noc(C(C)Sc2nnc(-c3cc(-c4ccccc4)nc4ccccc34)n2CC)n1. The first-order valence-corrected chi connectivity index (χ1v) is 11.9. The molecule has 0 aliphatic heterocycles. The zero-order valence-corrected chi connectivity index (χ0v) is 19.6. The van der Waals surface area contributed by atoms with Gasteiger partial charge in [-0.1, -0.05) is 72.4 Å². The van der Waals surface area contributed by atoms with Crippen molar-refractivity contribution in [2.45, 2.75) is 44.1 Å². The van der Waals surface area contributed by atoms with Gasteiger partial charge in [-0.15, -0.1) is 10.2 Å². The Morgan fingerprint density at radius 2 is 1.76 bits per heavy atom. The minimum atomic E-state index is -0.0331. The molecule has 7 nitrogen and oxygen atoms in total. The highest BCUT2D eigenvalue weighted by atomic mass is 32.2. The van der Waals surface area contributed by atoms with Gasteiger partial charge in [0.05, 0.1) is 16.5 Å². The largest absolute Gasteiger partial charge is 0.338 e. The van der Waals surface area contributed by atoms with Gasteiger partial charge in [-0.3, -0.25) is 0 Å². The maximum Gasteiger partial charge on any atom is 0.239 e. The molecule has 8 heteroatoms. The molecule has 0 bridgehead atoms. The Morgan fingerprint density at radius 3 is 2.52 bits per heavy atom. The number of fused-ring (bicyclic) bond motifs is 1. The number of thioether (sulfide) groups is 1. The molecule has 2 aromatic carbocycles. The minimum Gasteiger partial charge on any atom is -0.338 e. The summed E-state index contributed by atoms with van der Waals surface area (Å²) in [5.41, 5.74) is 3.92. The van der Waals surface area contributed by atoms with Gasteiger partial charge in [-0.2, -0.15) is 4.98 Å².